The summed E-state index contributed by atoms with van der Waals surface area (Å²) in [5.41, 5.74) is 0. The summed E-state index contributed by atoms with van der Waals surface area (Å²) >= 11 is 0. The second-order valence-corrected chi connectivity index (χ2v) is 5.24. The van der Waals surface area contributed by atoms with Gasteiger partial charge in [-0.2, -0.15) is 0 Å². The largest absolute Gasteiger partial charge is 0.346 e. The highest BCUT2D eigenvalue weighted by Crippen LogP contribution is 2.11. The van der Waals surface area contributed by atoms with Crippen LogP contribution in [0.25, 0.3) is 0 Å². The zero-order valence-electron chi connectivity index (χ0n) is 11.6. The molecule has 0 spiro atoms. The molecule has 0 saturated carbocycles. The summed E-state index contributed by atoms with van der Waals surface area (Å²) in [5.74, 6) is 1.03. The average molecular weight is 227 g/mol. The highest BCUT2D eigenvalue weighted by atomic mass is 16.2. The summed E-state index contributed by atoms with van der Waals surface area (Å²) in [4.78, 5) is 12.7. The fourth-order valence-corrected chi connectivity index (χ4v) is 1.77. The highest BCUT2D eigenvalue weighted by molar-refractivity contribution is 5.72. The van der Waals surface area contributed by atoms with Crippen LogP contribution in [0.5, 0.6) is 0 Å². The van der Waals surface area contributed by atoms with E-state index in [9.17, 15) is 4.79 Å². The number of rotatable bonds is 9. The van der Waals surface area contributed by atoms with Crippen molar-refractivity contribution in [2.75, 3.05) is 13.6 Å². The Hall–Kier alpha value is -0.530. The zero-order valence-corrected chi connectivity index (χ0v) is 11.6. The van der Waals surface area contributed by atoms with Gasteiger partial charge >= 0.3 is 0 Å². The third-order valence-electron chi connectivity index (χ3n) is 3.06. The van der Waals surface area contributed by atoms with Gasteiger partial charge < -0.3 is 4.90 Å². The van der Waals surface area contributed by atoms with E-state index in [2.05, 4.69) is 13.8 Å². The first-order valence-electron chi connectivity index (χ1n) is 6.75. The monoisotopic (exact) mass is 227 g/mol. The Balaban J connectivity index is 3.13. The van der Waals surface area contributed by atoms with Crippen LogP contribution in [-0.2, 0) is 4.79 Å². The van der Waals surface area contributed by atoms with Crippen LogP contribution in [0.15, 0.2) is 0 Å². The molecule has 0 aromatic rings. The lowest BCUT2D eigenvalue weighted by Crippen LogP contribution is -2.24. The lowest BCUT2D eigenvalue weighted by atomic mass is 10.0. The molecule has 0 saturated heterocycles. The molecule has 0 radical (unpaired) electrons. The molecule has 0 aliphatic rings. The third-order valence-corrected chi connectivity index (χ3v) is 3.06. The molecule has 0 aromatic carbocycles. The van der Waals surface area contributed by atoms with Crippen LogP contribution in [0.4, 0.5) is 0 Å². The average Bonchev–Trinajstić information content (AvgIpc) is 2.21. The Morgan fingerprint density at radius 1 is 1.00 bits per heavy atom. The van der Waals surface area contributed by atoms with Gasteiger partial charge in [0.25, 0.3) is 0 Å². The minimum Gasteiger partial charge on any atom is -0.346 e. The molecular formula is C14H29NO. The molecule has 2 heteroatoms. The highest BCUT2D eigenvalue weighted by Gasteiger charge is 2.00. The summed E-state index contributed by atoms with van der Waals surface area (Å²) < 4.78 is 0. The first-order valence-corrected chi connectivity index (χ1v) is 6.75. The molecule has 0 bridgehead atoms. The van der Waals surface area contributed by atoms with Gasteiger partial charge in [-0.1, -0.05) is 52.4 Å². The summed E-state index contributed by atoms with van der Waals surface area (Å²) in [6, 6.07) is 0. The number of hydrogen-bond acceptors (Lipinski definition) is 1. The quantitative estimate of drug-likeness (QED) is 0.548. The van der Waals surface area contributed by atoms with Crippen LogP contribution < -0.4 is 0 Å². The number of nitrogens with zero attached hydrogens (tertiary/aromatic N) is 1. The summed E-state index contributed by atoms with van der Waals surface area (Å²) in [6.45, 7) is 7.13. The Morgan fingerprint density at radius 2 is 1.50 bits per heavy atom. The predicted molar refractivity (Wildman–Crippen MR) is 70.5 cm³/mol. The van der Waals surface area contributed by atoms with Crippen molar-refractivity contribution in [3.05, 3.63) is 0 Å². The molecule has 0 rings (SSSR count). The van der Waals surface area contributed by atoms with Crippen LogP contribution in [0.1, 0.15) is 65.7 Å². The van der Waals surface area contributed by atoms with E-state index >= 15 is 0 Å². The fourth-order valence-electron chi connectivity index (χ4n) is 1.77. The molecule has 0 unspecified atom stereocenters. The predicted octanol–water partition coefficient (Wildman–Crippen LogP) is 3.85. The van der Waals surface area contributed by atoms with Gasteiger partial charge in [0.05, 0.1) is 0 Å². The second kappa shape index (κ2) is 9.68. The van der Waals surface area contributed by atoms with Crippen molar-refractivity contribution < 1.29 is 4.79 Å². The smallest absolute Gasteiger partial charge is 0.219 e. The van der Waals surface area contributed by atoms with E-state index in [-0.39, 0.29) is 5.91 Å². The Labute approximate surface area is 101 Å². The minimum absolute atomic E-state index is 0.178. The Bertz CT molecular complexity index is 178. The maximum absolute atomic E-state index is 10.9. The van der Waals surface area contributed by atoms with E-state index in [1.165, 1.54) is 38.5 Å². The lowest BCUT2D eigenvalue weighted by molar-refractivity contribution is -0.127. The zero-order chi connectivity index (χ0) is 12.4. The maximum Gasteiger partial charge on any atom is 0.219 e. The van der Waals surface area contributed by atoms with Crippen LogP contribution in [0, 0.1) is 5.92 Å². The van der Waals surface area contributed by atoms with Gasteiger partial charge in [0.15, 0.2) is 0 Å². The van der Waals surface area contributed by atoms with Crippen LogP contribution in [0.2, 0.25) is 0 Å². The van der Waals surface area contributed by atoms with E-state index in [1.807, 2.05) is 7.05 Å². The molecular weight excluding hydrogens is 198 g/mol. The minimum atomic E-state index is 0.178. The number of hydrogen-bond donors (Lipinski definition) is 0. The molecule has 0 aliphatic carbocycles. The maximum atomic E-state index is 10.9. The molecule has 0 atom stereocenters. The van der Waals surface area contributed by atoms with Crippen LogP contribution in [0.3, 0.4) is 0 Å². The van der Waals surface area contributed by atoms with E-state index in [4.69, 9.17) is 0 Å². The molecule has 2 nitrogen and oxygen atoms in total. The fraction of sp³-hybridized carbons (Fsp3) is 0.929. The van der Waals surface area contributed by atoms with Gasteiger partial charge in [-0.25, -0.2) is 0 Å². The number of unbranched alkanes of at least 4 members (excludes halogenated alkanes) is 5. The number of carbonyl (C=O) groups is 1. The molecule has 1 amide bonds. The number of carbonyl (C=O) groups excluding carboxylic acids is 1. The van der Waals surface area contributed by atoms with Gasteiger partial charge in [-0.05, 0) is 12.3 Å². The van der Waals surface area contributed by atoms with Crippen molar-refractivity contribution in [3.8, 4) is 0 Å². The van der Waals surface area contributed by atoms with Gasteiger partial charge in [-0.15, -0.1) is 0 Å². The van der Waals surface area contributed by atoms with Crippen molar-refractivity contribution in [3.63, 3.8) is 0 Å². The Morgan fingerprint density at radius 3 is 2.00 bits per heavy atom. The van der Waals surface area contributed by atoms with Crippen LogP contribution in [-0.4, -0.2) is 24.4 Å². The van der Waals surface area contributed by atoms with Crippen molar-refractivity contribution >= 4 is 5.91 Å². The number of amides is 1. The molecule has 0 fully saturated rings. The molecule has 0 aliphatic heterocycles. The van der Waals surface area contributed by atoms with Gasteiger partial charge in [0, 0.05) is 20.5 Å². The third kappa shape index (κ3) is 10.0. The van der Waals surface area contributed by atoms with Crippen molar-refractivity contribution in [1.29, 1.82) is 0 Å². The van der Waals surface area contributed by atoms with Gasteiger partial charge in [-0.3, -0.25) is 4.79 Å². The molecule has 0 aromatic heterocycles. The second-order valence-electron chi connectivity index (χ2n) is 5.24. The normalized spacial score (nSPS) is 10.8. The van der Waals surface area contributed by atoms with E-state index in [0.29, 0.717) is 0 Å². The van der Waals surface area contributed by atoms with Crippen molar-refractivity contribution in [1.82, 2.24) is 4.90 Å². The summed E-state index contributed by atoms with van der Waals surface area (Å²) in [7, 11) is 1.88. The van der Waals surface area contributed by atoms with Crippen molar-refractivity contribution in [2.45, 2.75) is 65.7 Å². The lowest BCUT2D eigenvalue weighted by Gasteiger charge is -2.14. The standard InChI is InChI=1S/C14H29NO/c1-13(2)11-9-7-5-6-8-10-12-15(4)14(3)16/h13H,5-12H2,1-4H3. The van der Waals surface area contributed by atoms with Crippen LogP contribution >= 0.6 is 0 Å². The topological polar surface area (TPSA) is 20.3 Å². The molecule has 96 valence electrons. The molecule has 0 heterocycles. The summed E-state index contributed by atoms with van der Waals surface area (Å²) in [6.07, 6.45) is 9.22. The first-order chi connectivity index (χ1) is 7.54. The van der Waals surface area contributed by atoms with Gasteiger partial charge in [0.2, 0.25) is 5.91 Å². The van der Waals surface area contributed by atoms with E-state index < -0.39 is 0 Å². The SMILES string of the molecule is CC(=O)N(C)CCCCCCCCC(C)C. The molecule has 0 N–H and O–H groups in total. The van der Waals surface area contributed by atoms with Gasteiger partial charge in [0.1, 0.15) is 0 Å². The first kappa shape index (κ1) is 15.5. The van der Waals surface area contributed by atoms with E-state index in [0.717, 1.165) is 18.9 Å². The summed E-state index contributed by atoms with van der Waals surface area (Å²) in [5, 5.41) is 0. The van der Waals surface area contributed by atoms with Crippen molar-refractivity contribution in [2.24, 2.45) is 5.92 Å². The Kier molecular flexibility index (Phi) is 9.36. The molecule has 16 heavy (non-hydrogen) atoms. The van der Waals surface area contributed by atoms with E-state index in [1.54, 1.807) is 11.8 Å².